The van der Waals surface area contributed by atoms with Gasteiger partial charge in [0.05, 0.1) is 24.7 Å². The SMILES string of the molecule is COc1cccc(/C=C2/SC(=S)N(/C=C3/C(=O)Oc4ccccc4C3=O)C2=O)c1OC. The van der Waals surface area contributed by atoms with E-state index in [9.17, 15) is 14.4 Å². The molecule has 0 aromatic heterocycles. The van der Waals surface area contributed by atoms with Gasteiger partial charge in [0, 0.05) is 11.8 Å². The largest absolute Gasteiger partial charge is 0.493 e. The topological polar surface area (TPSA) is 82.1 Å². The highest BCUT2D eigenvalue weighted by Gasteiger charge is 2.36. The number of carbonyl (C=O) groups excluding carboxylic acids is 3. The highest BCUT2D eigenvalue weighted by molar-refractivity contribution is 8.26. The maximum absolute atomic E-state index is 13.0. The Labute approximate surface area is 187 Å². The third-order valence-electron chi connectivity index (χ3n) is 4.60. The molecule has 0 saturated carbocycles. The van der Waals surface area contributed by atoms with E-state index in [1.165, 1.54) is 20.3 Å². The Balaban J connectivity index is 1.68. The van der Waals surface area contributed by atoms with Crippen molar-refractivity contribution < 1.29 is 28.6 Å². The summed E-state index contributed by atoms with van der Waals surface area (Å²) >= 11 is 6.36. The molecule has 1 saturated heterocycles. The average molecular weight is 453 g/mol. The molecule has 31 heavy (non-hydrogen) atoms. The molecule has 7 nitrogen and oxygen atoms in total. The van der Waals surface area contributed by atoms with Crippen LogP contribution in [0.25, 0.3) is 6.08 Å². The number of ketones is 1. The van der Waals surface area contributed by atoms with Gasteiger partial charge in [-0.3, -0.25) is 14.5 Å². The predicted molar refractivity (Wildman–Crippen MR) is 119 cm³/mol. The second kappa shape index (κ2) is 8.37. The lowest BCUT2D eigenvalue weighted by Gasteiger charge is -2.18. The molecule has 0 spiro atoms. The highest BCUT2D eigenvalue weighted by atomic mass is 32.2. The van der Waals surface area contributed by atoms with Gasteiger partial charge >= 0.3 is 5.97 Å². The van der Waals surface area contributed by atoms with Crippen LogP contribution in [0.3, 0.4) is 0 Å². The number of benzene rings is 2. The molecule has 1 amide bonds. The van der Waals surface area contributed by atoms with Crippen LogP contribution in [0.4, 0.5) is 0 Å². The monoisotopic (exact) mass is 453 g/mol. The fourth-order valence-electron chi connectivity index (χ4n) is 3.13. The van der Waals surface area contributed by atoms with Gasteiger partial charge in [-0.15, -0.1) is 0 Å². The van der Waals surface area contributed by atoms with E-state index in [0.717, 1.165) is 22.9 Å². The Morgan fingerprint density at radius 2 is 1.81 bits per heavy atom. The predicted octanol–water partition coefficient (Wildman–Crippen LogP) is 3.59. The molecule has 0 aliphatic carbocycles. The summed E-state index contributed by atoms with van der Waals surface area (Å²) in [5.74, 6) is -0.660. The zero-order chi connectivity index (χ0) is 22.1. The van der Waals surface area contributed by atoms with Gasteiger partial charge < -0.3 is 14.2 Å². The van der Waals surface area contributed by atoms with Gasteiger partial charge in [-0.05, 0) is 24.3 Å². The Morgan fingerprint density at radius 3 is 2.55 bits per heavy atom. The summed E-state index contributed by atoms with van der Waals surface area (Å²) in [6.07, 6.45) is 2.76. The van der Waals surface area contributed by atoms with Crippen molar-refractivity contribution in [2.75, 3.05) is 14.2 Å². The van der Waals surface area contributed by atoms with Crippen LogP contribution in [0.15, 0.2) is 59.1 Å². The van der Waals surface area contributed by atoms with Crippen LogP contribution in [-0.4, -0.2) is 41.1 Å². The van der Waals surface area contributed by atoms with E-state index in [1.54, 1.807) is 42.5 Å². The maximum Gasteiger partial charge on any atom is 0.349 e. The van der Waals surface area contributed by atoms with Gasteiger partial charge in [0.1, 0.15) is 11.3 Å². The van der Waals surface area contributed by atoms with Gasteiger partial charge in [0.15, 0.2) is 15.8 Å². The molecule has 2 aromatic rings. The summed E-state index contributed by atoms with van der Waals surface area (Å²) in [5.41, 5.74) is 0.600. The standard InChI is InChI=1S/C22H15NO6S2/c1-27-16-9-5-6-12(19(16)28-2)10-17-20(25)23(22(30)31-17)11-14-18(24)13-7-3-4-8-15(13)29-21(14)26/h3-11H,1-2H3/b14-11+,17-10+. The number of hydrogen-bond donors (Lipinski definition) is 0. The van der Waals surface area contributed by atoms with Crippen LogP contribution < -0.4 is 14.2 Å². The van der Waals surface area contributed by atoms with Crippen molar-refractivity contribution in [3.05, 3.63) is 70.3 Å². The zero-order valence-electron chi connectivity index (χ0n) is 16.4. The van der Waals surface area contributed by atoms with Crippen LogP contribution >= 0.6 is 24.0 Å². The molecule has 0 radical (unpaired) electrons. The van der Waals surface area contributed by atoms with Gasteiger partial charge in [-0.2, -0.15) is 0 Å². The molecule has 0 bridgehead atoms. The van der Waals surface area contributed by atoms with Gasteiger partial charge in [0.25, 0.3) is 5.91 Å². The molecular weight excluding hydrogens is 438 g/mol. The molecule has 1 fully saturated rings. The van der Waals surface area contributed by atoms with E-state index >= 15 is 0 Å². The van der Waals surface area contributed by atoms with E-state index in [2.05, 4.69) is 0 Å². The zero-order valence-corrected chi connectivity index (χ0v) is 18.0. The number of Topliss-reactive ketones (excluding diaryl/α,β-unsaturated/α-hetero) is 1. The Morgan fingerprint density at radius 1 is 1.03 bits per heavy atom. The van der Waals surface area contributed by atoms with E-state index < -0.39 is 17.7 Å². The van der Waals surface area contributed by atoms with Crippen molar-refractivity contribution in [2.45, 2.75) is 0 Å². The van der Waals surface area contributed by atoms with Crippen LogP contribution in [0, 0.1) is 0 Å². The third kappa shape index (κ3) is 3.73. The number of thiocarbonyl (C=S) groups is 1. The lowest BCUT2D eigenvalue weighted by molar-refractivity contribution is -0.130. The number of methoxy groups -OCH3 is 2. The first-order valence-electron chi connectivity index (χ1n) is 9.00. The molecule has 2 aliphatic rings. The van der Waals surface area contributed by atoms with Crippen LogP contribution in [0.5, 0.6) is 17.2 Å². The first-order valence-corrected chi connectivity index (χ1v) is 10.2. The van der Waals surface area contributed by atoms with Gasteiger partial charge in [-0.25, -0.2) is 4.79 Å². The summed E-state index contributed by atoms with van der Waals surface area (Å²) in [7, 11) is 3.02. The molecular formula is C22H15NO6S2. The molecule has 4 rings (SSSR count). The van der Waals surface area contributed by atoms with Crippen molar-refractivity contribution in [1.82, 2.24) is 4.90 Å². The number of amides is 1. The minimum absolute atomic E-state index is 0.185. The van der Waals surface area contributed by atoms with Crippen molar-refractivity contribution in [3.8, 4) is 17.2 Å². The number of thioether (sulfide) groups is 1. The fraction of sp³-hybridized carbons (Fsp3) is 0.0909. The number of esters is 1. The van der Waals surface area contributed by atoms with Crippen LogP contribution in [-0.2, 0) is 9.59 Å². The molecule has 0 atom stereocenters. The first kappa shape index (κ1) is 20.8. The summed E-state index contributed by atoms with van der Waals surface area (Å²) in [5, 5.41) is 0. The second-order valence-corrected chi connectivity index (χ2v) is 8.07. The summed E-state index contributed by atoms with van der Waals surface area (Å²) in [6.45, 7) is 0. The summed E-state index contributed by atoms with van der Waals surface area (Å²) in [4.78, 5) is 39.5. The number of hydrogen-bond acceptors (Lipinski definition) is 8. The minimum Gasteiger partial charge on any atom is -0.493 e. The normalized spacial score (nSPS) is 18.5. The molecule has 2 aliphatic heterocycles. The Kier molecular flexibility index (Phi) is 5.62. The number of rotatable bonds is 4. The smallest absolute Gasteiger partial charge is 0.349 e. The quantitative estimate of drug-likeness (QED) is 0.228. The van der Waals surface area contributed by atoms with Gasteiger partial charge in [-0.1, -0.05) is 48.2 Å². The fourth-order valence-corrected chi connectivity index (χ4v) is 4.33. The number of nitrogens with zero attached hydrogens (tertiary/aromatic N) is 1. The summed E-state index contributed by atoms with van der Waals surface area (Å²) in [6, 6.07) is 11.7. The lowest BCUT2D eigenvalue weighted by atomic mass is 10.0. The molecule has 0 unspecified atom stereocenters. The van der Waals surface area contributed by atoms with Crippen molar-refractivity contribution in [2.24, 2.45) is 0 Å². The summed E-state index contributed by atoms with van der Waals surface area (Å²) < 4.78 is 16.1. The van der Waals surface area contributed by atoms with Crippen molar-refractivity contribution >= 4 is 52.0 Å². The first-order chi connectivity index (χ1) is 14.9. The van der Waals surface area contributed by atoms with Crippen molar-refractivity contribution in [3.63, 3.8) is 0 Å². The van der Waals surface area contributed by atoms with Crippen LogP contribution in [0.1, 0.15) is 15.9 Å². The number of para-hydroxylation sites is 2. The molecule has 2 aromatic carbocycles. The number of ether oxygens (including phenoxy) is 3. The minimum atomic E-state index is -0.837. The van der Waals surface area contributed by atoms with Crippen LogP contribution in [0.2, 0.25) is 0 Å². The number of fused-ring (bicyclic) bond motifs is 1. The molecule has 0 N–H and O–H groups in total. The molecule has 2 heterocycles. The van der Waals surface area contributed by atoms with E-state index in [-0.39, 0.29) is 21.2 Å². The van der Waals surface area contributed by atoms with E-state index in [4.69, 9.17) is 26.4 Å². The molecule has 156 valence electrons. The molecule has 9 heteroatoms. The Hall–Kier alpha value is -3.43. The Bertz CT molecular complexity index is 1200. The van der Waals surface area contributed by atoms with E-state index in [0.29, 0.717) is 22.0 Å². The van der Waals surface area contributed by atoms with Gasteiger partial charge in [0.2, 0.25) is 5.78 Å². The lowest BCUT2D eigenvalue weighted by Crippen LogP contribution is -2.30. The number of carbonyl (C=O) groups is 3. The second-order valence-electron chi connectivity index (χ2n) is 6.39. The van der Waals surface area contributed by atoms with Crippen molar-refractivity contribution in [1.29, 1.82) is 0 Å². The van der Waals surface area contributed by atoms with E-state index in [1.807, 2.05) is 0 Å². The highest BCUT2D eigenvalue weighted by Crippen LogP contribution is 2.38. The maximum atomic E-state index is 13.0. The third-order valence-corrected chi connectivity index (χ3v) is 5.93. The average Bonchev–Trinajstić information content (AvgIpc) is 3.03.